The lowest BCUT2D eigenvalue weighted by Crippen LogP contribution is -2.89. The highest BCUT2D eigenvalue weighted by Gasteiger charge is 2.56. The predicted molar refractivity (Wildman–Crippen MR) is 110 cm³/mol. The van der Waals surface area contributed by atoms with Gasteiger partial charge in [0.2, 0.25) is 0 Å². The van der Waals surface area contributed by atoms with Gasteiger partial charge in [-0.25, -0.2) is 9.59 Å². The topological polar surface area (TPSA) is 83.0 Å². The summed E-state index contributed by atoms with van der Waals surface area (Å²) in [7, 11) is 0. The van der Waals surface area contributed by atoms with Crippen LogP contribution in [0.1, 0.15) is 23.7 Å². The van der Waals surface area contributed by atoms with Gasteiger partial charge < -0.3 is 5.11 Å². The molecule has 1 saturated heterocycles. The van der Waals surface area contributed by atoms with Gasteiger partial charge >= 0.3 is 11.9 Å². The van der Waals surface area contributed by atoms with Crippen molar-refractivity contribution < 1.29 is 20.0 Å². The number of nitrogens with one attached hydrogen (secondary N) is 1. The third-order valence-electron chi connectivity index (χ3n) is 5.50. The lowest BCUT2D eigenvalue weighted by Gasteiger charge is -2.29. The number of carbonyl (C=O) groups excluding carboxylic acids is 2. The predicted octanol–water partition coefficient (Wildman–Crippen LogP) is 2.57. The first-order valence-corrected chi connectivity index (χ1v) is 9.67. The number of urea groups is 1. The van der Waals surface area contributed by atoms with E-state index in [1.54, 1.807) is 0 Å². The number of rotatable bonds is 6. The Bertz CT molecular complexity index is 1000. The fourth-order valence-corrected chi connectivity index (χ4v) is 3.85. The molecule has 0 aromatic heterocycles. The molecule has 4 N–H and O–H groups in total. The normalized spacial score (nSPS) is 19.8. The van der Waals surface area contributed by atoms with Crippen molar-refractivity contribution in [2.24, 2.45) is 0 Å². The molecular weight excluding hydrogens is 364 g/mol. The van der Waals surface area contributed by atoms with Gasteiger partial charge in [-0.2, -0.15) is 5.32 Å². The summed E-state index contributed by atoms with van der Waals surface area (Å²) < 4.78 is 0. The van der Waals surface area contributed by atoms with E-state index in [2.05, 4.69) is 5.32 Å². The van der Waals surface area contributed by atoms with E-state index in [9.17, 15) is 14.7 Å². The molecule has 5 nitrogen and oxygen atoms in total. The Hall–Kier alpha value is -3.28. The van der Waals surface area contributed by atoms with Crippen LogP contribution >= 0.6 is 0 Å². The second-order valence-electron chi connectivity index (χ2n) is 7.35. The number of hydrogen-bond acceptors (Lipinski definition) is 3. The largest absolute Gasteiger partial charge is 0.421 e. The Morgan fingerprint density at radius 2 is 1.41 bits per heavy atom. The van der Waals surface area contributed by atoms with Crippen LogP contribution < -0.4 is 10.6 Å². The number of hydrogen-bond donors (Lipinski definition) is 3. The average molecular weight is 387 g/mol. The van der Waals surface area contributed by atoms with E-state index < -0.39 is 17.7 Å². The number of carbonyl (C=O) groups is 2. The van der Waals surface area contributed by atoms with E-state index in [0.717, 1.165) is 22.0 Å². The van der Waals surface area contributed by atoms with Crippen LogP contribution in [0, 0.1) is 0 Å². The van der Waals surface area contributed by atoms with Crippen LogP contribution in [0.15, 0.2) is 84.9 Å². The first-order chi connectivity index (χ1) is 14.1. The molecule has 1 aliphatic heterocycles. The van der Waals surface area contributed by atoms with Gasteiger partial charge in [0.1, 0.15) is 6.10 Å². The van der Waals surface area contributed by atoms with Crippen LogP contribution in [0.25, 0.3) is 11.1 Å². The van der Waals surface area contributed by atoms with Gasteiger partial charge in [0.15, 0.2) is 5.54 Å². The summed E-state index contributed by atoms with van der Waals surface area (Å²) >= 11 is 0. The maximum absolute atomic E-state index is 12.7. The monoisotopic (exact) mass is 387 g/mol. The van der Waals surface area contributed by atoms with Gasteiger partial charge in [-0.05, 0) is 35.1 Å². The molecule has 4 rings (SSSR count). The number of nitrogens with two attached hydrogens (primary N) is 1. The van der Waals surface area contributed by atoms with E-state index in [-0.39, 0.29) is 5.91 Å². The number of amides is 3. The molecule has 3 aromatic carbocycles. The van der Waals surface area contributed by atoms with E-state index in [0.29, 0.717) is 18.4 Å². The maximum atomic E-state index is 12.7. The van der Waals surface area contributed by atoms with Crippen molar-refractivity contribution in [1.29, 1.82) is 0 Å². The molecule has 0 aliphatic carbocycles. The van der Waals surface area contributed by atoms with Crippen LogP contribution in [0.5, 0.6) is 0 Å². The Kier molecular flexibility index (Phi) is 5.25. The number of imide groups is 1. The first-order valence-electron chi connectivity index (χ1n) is 9.67. The van der Waals surface area contributed by atoms with Crippen molar-refractivity contribution in [3.05, 3.63) is 96.1 Å². The van der Waals surface area contributed by atoms with Crippen LogP contribution in [-0.2, 0) is 11.2 Å². The van der Waals surface area contributed by atoms with Crippen LogP contribution in [-0.4, -0.2) is 22.6 Å². The van der Waals surface area contributed by atoms with Gasteiger partial charge in [-0.15, -0.1) is 0 Å². The maximum Gasteiger partial charge on any atom is 0.421 e. The van der Waals surface area contributed by atoms with Crippen molar-refractivity contribution in [2.75, 3.05) is 0 Å². The van der Waals surface area contributed by atoms with Crippen LogP contribution in [0.2, 0.25) is 0 Å². The number of aliphatic hydroxyl groups is 1. The molecule has 0 spiro atoms. The van der Waals surface area contributed by atoms with Gasteiger partial charge in [0.05, 0.1) is 0 Å². The molecular formula is C24H23N2O3+. The average Bonchev–Trinajstić information content (AvgIpc) is 3.07. The molecule has 0 radical (unpaired) electrons. The number of benzene rings is 3. The third kappa shape index (κ3) is 3.83. The summed E-state index contributed by atoms with van der Waals surface area (Å²) in [6, 6.07) is 26.7. The zero-order valence-electron chi connectivity index (χ0n) is 15.9. The summed E-state index contributed by atoms with van der Waals surface area (Å²) in [5.74, 6) is -0.377. The van der Waals surface area contributed by atoms with E-state index in [1.165, 1.54) is 0 Å². The molecule has 146 valence electrons. The van der Waals surface area contributed by atoms with Gasteiger partial charge in [0.25, 0.3) is 0 Å². The van der Waals surface area contributed by atoms with E-state index in [1.807, 2.05) is 84.9 Å². The minimum atomic E-state index is -1.35. The van der Waals surface area contributed by atoms with Gasteiger partial charge in [-0.1, -0.05) is 84.9 Å². The van der Waals surface area contributed by atoms with Gasteiger partial charge in [-0.3, -0.25) is 5.32 Å². The fraction of sp³-hybridized carbons (Fsp3) is 0.167. The Morgan fingerprint density at radius 3 is 2.00 bits per heavy atom. The smallest absolute Gasteiger partial charge is 0.385 e. The SMILES string of the molecule is O=C1NC(CCc2ccccc2)(C(O)c2ccc(-c3ccccc3)cc2)C(=O)[NH2+]1. The summed E-state index contributed by atoms with van der Waals surface area (Å²) in [6.07, 6.45) is -0.245. The molecule has 2 atom stereocenters. The minimum Gasteiger partial charge on any atom is -0.385 e. The molecule has 3 amide bonds. The lowest BCUT2D eigenvalue weighted by atomic mass is 9.82. The molecule has 1 heterocycles. The quantitative estimate of drug-likeness (QED) is 0.569. The van der Waals surface area contributed by atoms with E-state index in [4.69, 9.17) is 0 Å². The minimum absolute atomic E-state index is 0.319. The standard InChI is InChI=1S/C24H22N2O3/c27-21(20-13-11-19(12-14-20)18-9-5-2-6-10-18)24(22(28)25-23(29)26-24)16-15-17-7-3-1-4-8-17/h1-14,21,27H,15-16H2,(H2,25,26,28,29)/p+1. The van der Waals surface area contributed by atoms with E-state index >= 15 is 0 Å². The molecule has 1 fully saturated rings. The molecule has 3 aromatic rings. The molecule has 2 unspecified atom stereocenters. The van der Waals surface area contributed by atoms with Crippen molar-refractivity contribution in [3.8, 4) is 11.1 Å². The van der Waals surface area contributed by atoms with Crippen molar-refractivity contribution >= 4 is 11.9 Å². The first kappa shape index (κ1) is 19.1. The highest BCUT2D eigenvalue weighted by Crippen LogP contribution is 2.32. The molecule has 0 bridgehead atoms. The molecule has 0 saturated carbocycles. The zero-order valence-corrected chi connectivity index (χ0v) is 15.9. The molecule has 29 heavy (non-hydrogen) atoms. The molecule has 1 aliphatic rings. The number of primary amides is 2. The summed E-state index contributed by atoms with van der Waals surface area (Å²) in [5.41, 5.74) is 2.40. The van der Waals surface area contributed by atoms with Crippen LogP contribution in [0.4, 0.5) is 4.79 Å². The Morgan fingerprint density at radius 1 is 0.828 bits per heavy atom. The van der Waals surface area contributed by atoms with Crippen LogP contribution in [0.3, 0.4) is 0 Å². The number of quaternary nitrogens is 1. The summed E-state index contributed by atoms with van der Waals surface area (Å²) in [6.45, 7) is 0. The number of aryl methyl sites for hydroxylation is 1. The van der Waals surface area contributed by atoms with Crippen molar-refractivity contribution in [3.63, 3.8) is 0 Å². The van der Waals surface area contributed by atoms with Gasteiger partial charge in [0, 0.05) is 0 Å². The number of aliphatic hydroxyl groups excluding tert-OH is 1. The fourth-order valence-electron chi connectivity index (χ4n) is 3.85. The Labute approximate surface area is 169 Å². The second kappa shape index (κ2) is 7.99. The Balaban J connectivity index is 1.60. The zero-order chi connectivity index (χ0) is 20.3. The molecule has 5 heteroatoms. The summed E-state index contributed by atoms with van der Waals surface area (Å²) in [5, 5.41) is 14.9. The highest BCUT2D eigenvalue weighted by atomic mass is 16.3. The highest BCUT2D eigenvalue weighted by molar-refractivity contribution is 5.94. The second-order valence-corrected chi connectivity index (χ2v) is 7.35. The van der Waals surface area contributed by atoms with Crippen molar-refractivity contribution in [1.82, 2.24) is 5.32 Å². The third-order valence-corrected chi connectivity index (χ3v) is 5.50. The summed E-state index contributed by atoms with van der Waals surface area (Å²) in [4.78, 5) is 24.7. The van der Waals surface area contributed by atoms with Crippen molar-refractivity contribution in [2.45, 2.75) is 24.5 Å². The lowest BCUT2D eigenvalue weighted by molar-refractivity contribution is -0.461.